The number of aryl methyl sites for hydroxylation is 2. The molecule has 0 aliphatic heterocycles. The minimum Gasteiger partial charge on any atom is -0.330 e. The second-order valence-electron chi connectivity index (χ2n) is 4.08. The molecule has 2 N–H and O–H groups in total. The maximum atomic E-state index is 11.7. The first kappa shape index (κ1) is 13.5. The van der Waals surface area contributed by atoms with Gasteiger partial charge in [-0.05, 0) is 13.3 Å². The average Bonchev–Trinajstić information content (AvgIpc) is 2.98. The van der Waals surface area contributed by atoms with Crippen molar-refractivity contribution in [1.82, 2.24) is 25.1 Å². The molecule has 2 aromatic heterocycles. The van der Waals surface area contributed by atoms with Crippen molar-refractivity contribution in [3.63, 3.8) is 0 Å². The number of hydrogen-bond acceptors (Lipinski definition) is 5. The van der Waals surface area contributed by atoms with Gasteiger partial charge in [-0.25, -0.2) is 14.8 Å². The molecule has 7 nitrogen and oxygen atoms in total. The smallest absolute Gasteiger partial charge is 0.322 e. The molecular weight excluding hydrogens is 264 g/mol. The van der Waals surface area contributed by atoms with Gasteiger partial charge in [0.05, 0.1) is 16.7 Å². The molecule has 0 bridgehead atoms. The van der Waals surface area contributed by atoms with E-state index in [0.29, 0.717) is 0 Å². The lowest BCUT2D eigenvalue weighted by Gasteiger charge is -2.11. The van der Waals surface area contributed by atoms with Crippen LogP contribution in [0.4, 0.5) is 10.7 Å². The van der Waals surface area contributed by atoms with E-state index < -0.39 is 0 Å². The normalized spacial score (nSPS) is 12.2. The molecule has 2 aromatic rings. The average molecular weight is 280 g/mol. The number of hydrogen-bond donors (Lipinski definition) is 2. The fourth-order valence-electron chi connectivity index (χ4n) is 1.49. The summed E-state index contributed by atoms with van der Waals surface area (Å²) in [6.07, 6.45) is 2.43. The zero-order valence-electron chi connectivity index (χ0n) is 11.0. The number of rotatable bonds is 4. The topological polar surface area (TPSA) is 84.7 Å². The standard InChI is InChI=1S/C11H16N6OS/c1-4-9-14-8(5-19-9)7(2)13-11(18)15-10-12-6-17(3)16-10/h5-7H,4H2,1-3H3,(H2,13,15,16,18). The summed E-state index contributed by atoms with van der Waals surface area (Å²) in [5.41, 5.74) is 0.867. The van der Waals surface area contributed by atoms with Crippen molar-refractivity contribution in [1.29, 1.82) is 0 Å². The van der Waals surface area contributed by atoms with E-state index in [4.69, 9.17) is 0 Å². The summed E-state index contributed by atoms with van der Waals surface area (Å²) in [7, 11) is 1.74. The third kappa shape index (κ3) is 3.50. The summed E-state index contributed by atoms with van der Waals surface area (Å²) in [4.78, 5) is 20.1. The van der Waals surface area contributed by atoms with Crippen LogP contribution in [0.5, 0.6) is 0 Å². The van der Waals surface area contributed by atoms with Crippen LogP contribution in [0.3, 0.4) is 0 Å². The summed E-state index contributed by atoms with van der Waals surface area (Å²) >= 11 is 1.60. The van der Waals surface area contributed by atoms with Crippen LogP contribution in [0.15, 0.2) is 11.7 Å². The largest absolute Gasteiger partial charge is 0.330 e. The number of thiazole rings is 1. The minimum atomic E-state index is -0.343. The van der Waals surface area contributed by atoms with Crippen LogP contribution in [0, 0.1) is 0 Å². The highest BCUT2D eigenvalue weighted by molar-refractivity contribution is 7.09. The molecule has 0 aromatic carbocycles. The predicted molar refractivity (Wildman–Crippen MR) is 73.1 cm³/mol. The van der Waals surface area contributed by atoms with Gasteiger partial charge < -0.3 is 5.32 Å². The Kier molecular flexibility index (Phi) is 4.10. The van der Waals surface area contributed by atoms with Gasteiger partial charge in [-0.1, -0.05) is 6.92 Å². The molecule has 0 radical (unpaired) electrons. The summed E-state index contributed by atoms with van der Waals surface area (Å²) in [5.74, 6) is 0.278. The summed E-state index contributed by atoms with van der Waals surface area (Å²) in [6.45, 7) is 3.94. The third-order valence-electron chi connectivity index (χ3n) is 2.49. The van der Waals surface area contributed by atoms with Crippen molar-refractivity contribution >= 4 is 23.3 Å². The van der Waals surface area contributed by atoms with Crippen molar-refractivity contribution < 1.29 is 4.79 Å². The molecule has 0 spiro atoms. The number of urea groups is 1. The molecule has 0 aliphatic carbocycles. The lowest BCUT2D eigenvalue weighted by Crippen LogP contribution is -2.31. The van der Waals surface area contributed by atoms with Crippen LogP contribution >= 0.6 is 11.3 Å². The SMILES string of the molecule is CCc1nc(C(C)NC(=O)Nc2ncn(C)n2)cs1. The molecule has 0 fully saturated rings. The van der Waals surface area contributed by atoms with Crippen molar-refractivity contribution in [3.8, 4) is 0 Å². The number of anilines is 1. The van der Waals surface area contributed by atoms with E-state index in [1.165, 1.54) is 11.0 Å². The van der Waals surface area contributed by atoms with Gasteiger partial charge in [0.1, 0.15) is 6.33 Å². The lowest BCUT2D eigenvalue weighted by atomic mass is 10.3. The Hall–Kier alpha value is -1.96. The highest BCUT2D eigenvalue weighted by Gasteiger charge is 2.13. The van der Waals surface area contributed by atoms with Crippen LogP contribution < -0.4 is 10.6 Å². The van der Waals surface area contributed by atoms with Crippen molar-refractivity contribution in [3.05, 3.63) is 22.4 Å². The van der Waals surface area contributed by atoms with E-state index >= 15 is 0 Å². The second-order valence-corrected chi connectivity index (χ2v) is 5.02. The van der Waals surface area contributed by atoms with Gasteiger partial charge in [0.15, 0.2) is 0 Å². The quantitative estimate of drug-likeness (QED) is 0.893. The minimum absolute atomic E-state index is 0.153. The molecule has 0 aliphatic rings. The summed E-state index contributed by atoms with van der Waals surface area (Å²) < 4.78 is 1.52. The molecule has 102 valence electrons. The fraction of sp³-hybridized carbons (Fsp3) is 0.455. The number of carbonyl (C=O) groups is 1. The molecule has 2 rings (SSSR count). The molecule has 8 heteroatoms. The molecule has 19 heavy (non-hydrogen) atoms. The molecule has 2 amide bonds. The zero-order chi connectivity index (χ0) is 13.8. The second kappa shape index (κ2) is 5.79. The molecule has 1 unspecified atom stereocenters. The summed E-state index contributed by atoms with van der Waals surface area (Å²) in [6, 6.07) is -0.495. The fourth-order valence-corrected chi connectivity index (χ4v) is 2.33. The van der Waals surface area contributed by atoms with Crippen molar-refractivity contribution in [2.45, 2.75) is 26.3 Å². The number of nitrogens with zero attached hydrogens (tertiary/aromatic N) is 4. The summed E-state index contributed by atoms with van der Waals surface area (Å²) in [5, 5.41) is 12.4. The monoisotopic (exact) mass is 280 g/mol. The highest BCUT2D eigenvalue weighted by atomic mass is 32.1. The Morgan fingerprint density at radius 1 is 1.58 bits per heavy atom. The van der Waals surface area contributed by atoms with Gasteiger partial charge in [-0.15, -0.1) is 16.4 Å². The Morgan fingerprint density at radius 2 is 2.37 bits per heavy atom. The van der Waals surface area contributed by atoms with Gasteiger partial charge in [0.2, 0.25) is 5.95 Å². The number of amides is 2. The van der Waals surface area contributed by atoms with Crippen LogP contribution in [-0.2, 0) is 13.5 Å². The molecule has 1 atom stereocenters. The molecular formula is C11H16N6OS. The first-order chi connectivity index (χ1) is 9.08. The van der Waals surface area contributed by atoms with Gasteiger partial charge in [0.25, 0.3) is 0 Å². The van der Waals surface area contributed by atoms with Crippen molar-refractivity contribution in [2.75, 3.05) is 5.32 Å². The molecule has 0 saturated heterocycles. The van der Waals surface area contributed by atoms with E-state index in [1.54, 1.807) is 18.4 Å². The van der Waals surface area contributed by atoms with Crippen LogP contribution in [-0.4, -0.2) is 25.8 Å². The van der Waals surface area contributed by atoms with Gasteiger partial charge in [-0.2, -0.15) is 0 Å². The number of aromatic nitrogens is 4. The molecule has 2 heterocycles. The van der Waals surface area contributed by atoms with Crippen LogP contribution in [0.2, 0.25) is 0 Å². The van der Waals surface area contributed by atoms with Gasteiger partial charge in [0, 0.05) is 12.4 Å². The van der Waals surface area contributed by atoms with Gasteiger partial charge >= 0.3 is 6.03 Å². The first-order valence-electron chi connectivity index (χ1n) is 5.96. The maximum absolute atomic E-state index is 11.7. The van der Waals surface area contributed by atoms with Crippen molar-refractivity contribution in [2.24, 2.45) is 7.05 Å². The Bertz CT molecular complexity index is 563. The van der Waals surface area contributed by atoms with E-state index in [0.717, 1.165) is 17.1 Å². The Labute approximate surface area is 115 Å². The van der Waals surface area contributed by atoms with E-state index in [2.05, 4.69) is 32.6 Å². The number of carbonyl (C=O) groups excluding carboxylic acids is 1. The van der Waals surface area contributed by atoms with Crippen LogP contribution in [0.1, 0.15) is 30.6 Å². The number of nitrogens with one attached hydrogen (secondary N) is 2. The maximum Gasteiger partial charge on any atom is 0.322 e. The molecule has 0 saturated carbocycles. The van der Waals surface area contributed by atoms with E-state index in [-0.39, 0.29) is 18.0 Å². The Morgan fingerprint density at radius 3 is 2.95 bits per heavy atom. The third-order valence-corrected chi connectivity index (χ3v) is 3.50. The first-order valence-corrected chi connectivity index (χ1v) is 6.84. The lowest BCUT2D eigenvalue weighted by molar-refractivity contribution is 0.249. The Balaban J connectivity index is 1.91. The zero-order valence-corrected chi connectivity index (χ0v) is 11.9. The highest BCUT2D eigenvalue weighted by Crippen LogP contribution is 2.16. The van der Waals surface area contributed by atoms with Gasteiger partial charge in [-0.3, -0.25) is 10.00 Å². The van der Waals surface area contributed by atoms with Crippen LogP contribution in [0.25, 0.3) is 0 Å². The predicted octanol–water partition coefficient (Wildman–Crippen LogP) is 1.72. The van der Waals surface area contributed by atoms with E-state index in [1.807, 2.05) is 12.3 Å². The van der Waals surface area contributed by atoms with E-state index in [9.17, 15) is 4.79 Å².